The zero-order valence-electron chi connectivity index (χ0n) is 11.9. The fourth-order valence-corrected chi connectivity index (χ4v) is 2.87. The van der Waals surface area contributed by atoms with Gasteiger partial charge in [0.1, 0.15) is 0 Å². The number of anilines is 1. The third-order valence-corrected chi connectivity index (χ3v) is 4.36. The zero-order valence-corrected chi connectivity index (χ0v) is 13.5. The summed E-state index contributed by atoms with van der Waals surface area (Å²) in [6.07, 6.45) is -0.281. The molecular formula is C17H14BrNO3. The molecule has 5 heteroatoms. The molecule has 0 saturated carbocycles. The first-order chi connectivity index (χ1) is 10.4. The van der Waals surface area contributed by atoms with Crippen molar-refractivity contribution in [1.82, 2.24) is 0 Å². The topological polar surface area (TPSA) is 66.4 Å². The van der Waals surface area contributed by atoms with Gasteiger partial charge in [0, 0.05) is 21.3 Å². The summed E-state index contributed by atoms with van der Waals surface area (Å²) >= 11 is 3.31. The molecule has 0 unspecified atom stereocenters. The van der Waals surface area contributed by atoms with E-state index in [9.17, 15) is 14.7 Å². The van der Waals surface area contributed by atoms with Crippen molar-refractivity contribution in [2.24, 2.45) is 0 Å². The lowest BCUT2D eigenvalue weighted by atomic mass is 9.87. The molecular weight excluding hydrogens is 346 g/mol. The number of rotatable bonds is 3. The SMILES string of the molecule is Cc1ccc2c(c1)[C@](O)(CC(=O)c1ccc(Br)cc1)C(=O)N2. The minimum atomic E-state index is -1.81. The molecule has 0 spiro atoms. The number of hydrogen-bond donors (Lipinski definition) is 2. The van der Waals surface area contributed by atoms with E-state index in [1.165, 1.54) is 0 Å². The maximum Gasteiger partial charge on any atom is 0.261 e. The number of Topliss-reactive ketones (excluding diaryl/α,β-unsaturated/α-hetero) is 1. The molecule has 1 amide bonds. The molecule has 3 rings (SSSR count). The van der Waals surface area contributed by atoms with Crippen molar-refractivity contribution in [3.63, 3.8) is 0 Å². The van der Waals surface area contributed by atoms with Gasteiger partial charge in [-0.25, -0.2) is 0 Å². The quantitative estimate of drug-likeness (QED) is 0.827. The molecule has 2 N–H and O–H groups in total. The van der Waals surface area contributed by atoms with Crippen molar-refractivity contribution in [1.29, 1.82) is 0 Å². The number of carbonyl (C=O) groups excluding carboxylic acids is 2. The number of nitrogens with one attached hydrogen (secondary N) is 1. The number of carbonyl (C=O) groups is 2. The molecule has 2 aromatic carbocycles. The molecule has 1 aliphatic rings. The third-order valence-electron chi connectivity index (χ3n) is 3.83. The maximum absolute atomic E-state index is 12.4. The highest BCUT2D eigenvalue weighted by Crippen LogP contribution is 2.39. The lowest BCUT2D eigenvalue weighted by molar-refractivity contribution is -0.133. The van der Waals surface area contributed by atoms with Gasteiger partial charge in [-0.3, -0.25) is 9.59 Å². The minimum Gasteiger partial charge on any atom is -0.375 e. The summed E-state index contributed by atoms with van der Waals surface area (Å²) in [6.45, 7) is 1.88. The average Bonchev–Trinajstić information content (AvgIpc) is 2.71. The second kappa shape index (κ2) is 5.34. The molecule has 0 aliphatic carbocycles. The van der Waals surface area contributed by atoms with Crippen LogP contribution in [0.1, 0.15) is 27.9 Å². The van der Waals surface area contributed by atoms with Crippen molar-refractivity contribution < 1.29 is 14.7 Å². The Morgan fingerprint density at radius 3 is 2.59 bits per heavy atom. The van der Waals surface area contributed by atoms with E-state index in [4.69, 9.17) is 0 Å². The van der Waals surface area contributed by atoms with Crippen molar-refractivity contribution in [2.45, 2.75) is 18.9 Å². The van der Waals surface area contributed by atoms with E-state index in [0.29, 0.717) is 16.8 Å². The van der Waals surface area contributed by atoms with Crippen molar-refractivity contribution in [3.8, 4) is 0 Å². The Hall–Kier alpha value is -1.98. The van der Waals surface area contributed by atoms with Gasteiger partial charge < -0.3 is 10.4 Å². The lowest BCUT2D eigenvalue weighted by Gasteiger charge is -2.20. The summed E-state index contributed by atoms with van der Waals surface area (Å²) in [5, 5.41) is 13.4. The summed E-state index contributed by atoms with van der Waals surface area (Å²) in [5.74, 6) is -0.835. The third kappa shape index (κ3) is 2.46. The van der Waals surface area contributed by atoms with E-state index >= 15 is 0 Å². The number of halogens is 1. The van der Waals surface area contributed by atoms with Crippen molar-refractivity contribution >= 4 is 33.3 Å². The average molecular weight is 360 g/mol. The van der Waals surface area contributed by atoms with E-state index in [1.807, 2.05) is 13.0 Å². The largest absolute Gasteiger partial charge is 0.375 e. The van der Waals surface area contributed by atoms with Gasteiger partial charge in [0.2, 0.25) is 0 Å². The van der Waals surface area contributed by atoms with Gasteiger partial charge in [-0.05, 0) is 25.1 Å². The molecule has 0 radical (unpaired) electrons. The molecule has 0 saturated heterocycles. The van der Waals surface area contributed by atoms with Crippen LogP contribution in [0.3, 0.4) is 0 Å². The fourth-order valence-electron chi connectivity index (χ4n) is 2.60. The molecule has 4 nitrogen and oxygen atoms in total. The summed E-state index contributed by atoms with van der Waals surface area (Å²) in [7, 11) is 0. The van der Waals surface area contributed by atoms with Gasteiger partial charge in [0.15, 0.2) is 11.4 Å². The van der Waals surface area contributed by atoms with Crippen LogP contribution in [0.2, 0.25) is 0 Å². The highest BCUT2D eigenvalue weighted by molar-refractivity contribution is 9.10. The summed E-state index contributed by atoms with van der Waals surface area (Å²) in [5.41, 5.74) is 0.589. The van der Waals surface area contributed by atoms with Crippen molar-refractivity contribution in [2.75, 3.05) is 5.32 Å². The van der Waals surface area contributed by atoms with E-state index < -0.39 is 11.5 Å². The first-order valence-corrected chi connectivity index (χ1v) is 7.63. The number of aliphatic hydroxyl groups is 1. The predicted molar refractivity (Wildman–Crippen MR) is 86.8 cm³/mol. The van der Waals surface area contributed by atoms with Gasteiger partial charge in [0.25, 0.3) is 5.91 Å². The Balaban J connectivity index is 1.94. The van der Waals surface area contributed by atoms with Crippen LogP contribution in [0.5, 0.6) is 0 Å². The highest BCUT2D eigenvalue weighted by atomic mass is 79.9. The standard InChI is InChI=1S/C17H14BrNO3/c1-10-2-7-14-13(8-10)17(22,16(21)19-14)9-15(20)11-3-5-12(18)6-4-11/h2-8,22H,9H2,1H3,(H,19,21)/t17-/m1/s1. The van der Waals surface area contributed by atoms with Gasteiger partial charge >= 0.3 is 0 Å². The first kappa shape index (κ1) is 14.9. The van der Waals surface area contributed by atoms with E-state index in [2.05, 4.69) is 21.2 Å². The molecule has 112 valence electrons. The Bertz CT molecular complexity index is 770. The molecule has 0 aromatic heterocycles. The molecule has 1 heterocycles. The molecule has 1 atom stereocenters. The van der Waals surface area contributed by atoms with Gasteiger partial charge in [-0.15, -0.1) is 0 Å². The monoisotopic (exact) mass is 359 g/mol. The minimum absolute atomic E-state index is 0.278. The van der Waals surface area contributed by atoms with Crippen LogP contribution in [0.25, 0.3) is 0 Å². The first-order valence-electron chi connectivity index (χ1n) is 6.84. The number of fused-ring (bicyclic) bond motifs is 1. The Kier molecular flexibility index (Phi) is 3.62. The predicted octanol–water partition coefficient (Wildman–Crippen LogP) is 3.17. The molecule has 0 bridgehead atoms. The number of hydrogen-bond acceptors (Lipinski definition) is 3. The Morgan fingerprint density at radius 1 is 1.23 bits per heavy atom. The van der Waals surface area contributed by atoms with Gasteiger partial charge in [-0.2, -0.15) is 0 Å². The van der Waals surface area contributed by atoms with E-state index in [-0.39, 0.29) is 12.2 Å². The molecule has 1 aliphatic heterocycles. The fraction of sp³-hybridized carbons (Fsp3) is 0.176. The number of ketones is 1. The van der Waals surface area contributed by atoms with Crippen LogP contribution in [-0.4, -0.2) is 16.8 Å². The van der Waals surface area contributed by atoms with Crippen LogP contribution in [0, 0.1) is 6.92 Å². The molecule has 0 fully saturated rings. The smallest absolute Gasteiger partial charge is 0.261 e. The van der Waals surface area contributed by atoms with Crippen molar-refractivity contribution in [3.05, 3.63) is 63.6 Å². The Morgan fingerprint density at radius 2 is 1.91 bits per heavy atom. The Labute approximate surface area is 136 Å². The van der Waals surface area contributed by atoms with Crippen LogP contribution in [-0.2, 0) is 10.4 Å². The van der Waals surface area contributed by atoms with Crippen LogP contribution in [0.15, 0.2) is 46.9 Å². The van der Waals surface area contributed by atoms with E-state index in [1.54, 1.807) is 36.4 Å². The highest BCUT2D eigenvalue weighted by Gasteiger charge is 2.46. The number of amides is 1. The normalized spacial score (nSPS) is 19.7. The van der Waals surface area contributed by atoms with E-state index in [0.717, 1.165) is 10.0 Å². The maximum atomic E-state index is 12.4. The molecule has 2 aromatic rings. The summed E-state index contributed by atoms with van der Waals surface area (Å²) in [4.78, 5) is 24.6. The molecule has 22 heavy (non-hydrogen) atoms. The summed E-state index contributed by atoms with van der Waals surface area (Å²) in [6, 6.07) is 12.2. The number of benzene rings is 2. The summed E-state index contributed by atoms with van der Waals surface area (Å²) < 4.78 is 0.863. The van der Waals surface area contributed by atoms with Crippen LogP contribution in [0.4, 0.5) is 5.69 Å². The van der Waals surface area contributed by atoms with Crippen LogP contribution >= 0.6 is 15.9 Å². The second-order valence-electron chi connectivity index (χ2n) is 5.47. The van der Waals surface area contributed by atoms with Crippen LogP contribution < -0.4 is 5.32 Å². The zero-order chi connectivity index (χ0) is 15.9. The number of aryl methyl sites for hydroxylation is 1. The second-order valence-corrected chi connectivity index (χ2v) is 6.39. The van der Waals surface area contributed by atoms with Gasteiger partial charge in [0.05, 0.1) is 6.42 Å². The van der Waals surface area contributed by atoms with Gasteiger partial charge in [-0.1, -0.05) is 45.8 Å². The lowest BCUT2D eigenvalue weighted by Crippen LogP contribution is -2.36.